The van der Waals surface area contributed by atoms with E-state index in [0.29, 0.717) is 12.5 Å². The lowest BCUT2D eigenvalue weighted by Crippen LogP contribution is -2.60. The first kappa shape index (κ1) is 16.6. The van der Waals surface area contributed by atoms with Gasteiger partial charge in [0.25, 0.3) is 0 Å². The SMILES string of the molecule is Cc1ncncc1N1CC[C@H](CN2C[C@H](O)[C@@H](O)[C@H](O)[C@H]2C)C1. The summed E-state index contributed by atoms with van der Waals surface area (Å²) in [5.74, 6) is 0.465. The van der Waals surface area contributed by atoms with Gasteiger partial charge in [-0.3, -0.25) is 4.90 Å². The molecule has 7 heteroatoms. The zero-order valence-corrected chi connectivity index (χ0v) is 13.7. The van der Waals surface area contributed by atoms with E-state index >= 15 is 0 Å². The minimum atomic E-state index is -1.05. The molecular weight excluding hydrogens is 296 g/mol. The maximum absolute atomic E-state index is 10.0. The predicted octanol–water partition coefficient (Wildman–Crippen LogP) is -0.602. The normalized spacial score (nSPS) is 35.7. The van der Waals surface area contributed by atoms with Crippen molar-refractivity contribution in [3.8, 4) is 0 Å². The summed E-state index contributed by atoms with van der Waals surface area (Å²) in [7, 11) is 0. The van der Waals surface area contributed by atoms with E-state index in [-0.39, 0.29) is 6.04 Å². The van der Waals surface area contributed by atoms with Gasteiger partial charge in [-0.05, 0) is 26.2 Å². The third-order valence-electron chi connectivity index (χ3n) is 5.24. The van der Waals surface area contributed by atoms with E-state index < -0.39 is 18.3 Å². The topological polar surface area (TPSA) is 93.0 Å². The molecule has 0 saturated carbocycles. The Morgan fingerprint density at radius 2 is 2.00 bits per heavy atom. The van der Waals surface area contributed by atoms with Crippen LogP contribution < -0.4 is 4.90 Å². The van der Waals surface area contributed by atoms with Crippen molar-refractivity contribution < 1.29 is 15.3 Å². The van der Waals surface area contributed by atoms with Crippen molar-refractivity contribution in [1.29, 1.82) is 0 Å². The highest BCUT2D eigenvalue weighted by Crippen LogP contribution is 2.27. The van der Waals surface area contributed by atoms with Crippen LogP contribution in [0.25, 0.3) is 0 Å². The summed E-state index contributed by atoms with van der Waals surface area (Å²) < 4.78 is 0. The molecule has 0 aliphatic carbocycles. The number of anilines is 1. The van der Waals surface area contributed by atoms with Gasteiger partial charge in [0.1, 0.15) is 12.4 Å². The quantitative estimate of drug-likeness (QED) is 0.684. The molecule has 3 N–H and O–H groups in total. The zero-order valence-electron chi connectivity index (χ0n) is 13.7. The van der Waals surface area contributed by atoms with Crippen molar-refractivity contribution in [3.63, 3.8) is 0 Å². The summed E-state index contributed by atoms with van der Waals surface area (Å²) in [5.41, 5.74) is 2.07. The molecular formula is C16H26N4O3. The molecule has 2 aliphatic rings. The highest BCUT2D eigenvalue weighted by molar-refractivity contribution is 5.48. The first-order chi connectivity index (χ1) is 11.0. The number of aryl methyl sites for hydroxylation is 1. The maximum atomic E-state index is 10.0. The van der Waals surface area contributed by atoms with Crippen LogP contribution in [0.3, 0.4) is 0 Å². The second-order valence-corrected chi connectivity index (χ2v) is 6.84. The second kappa shape index (κ2) is 6.68. The first-order valence-corrected chi connectivity index (χ1v) is 8.27. The summed E-state index contributed by atoms with van der Waals surface area (Å²) in [6.07, 6.45) is 1.65. The van der Waals surface area contributed by atoms with Crippen LogP contribution in [-0.4, -0.2) is 80.7 Å². The van der Waals surface area contributed by atoms with Gasteiger partial charge in [-0.1, -0.05) is 0 Å². The van der Waals surface area contributed by atoms with Gasteiger partial charge in [0, 0.05) is 32.2 Å². The number of aliphatic hydroxyl groups is 3. The van der Waals surface area contributed by atoms with E-state index in [2.05, 4.69) is 19.8 Å². The third-order valence-corrected chi connectivity index (χ3v) is 5.24. The van der Waals surface area contributed by atoms with E-state index in [9.17, 15) is 15.3 Å². The molecule has 3 heterocycles. The highest BCUT2D eigenvalue weighted by Gasteiger charge is 2.40. The van der Waals surface area contributed by atoms with Crippen molar-refractivity contribution in [2.75, 3.05) is 31.1 Å². The van der Waals surface area contributed by atoms with Crippen molar-refractivity contribution in [2.45, 2.75) is 44.6 Å². The third kappa shape index (κ3) is 3.33. The Kier molecular flexibility index (Phi) is 4.82. The van der Waals surface area contributed by atoms with Crippen LogP contribution in [0.2, 0.25) is 0 Å². The lowest BCUT2D eigenvalue weighted by molar-refractivity contribution is -0.134. The Balaban J connectivity index is 1.61. The van der Waals surface area contributed by atoms with Crippen LogP contribution in [0.1, 0.15) is 19.0 Å². The Labute approximate surface area is 136 Å². The van der Waals surface area contributed by atoms with Crippen LogP contribution in [0.15, 0.2) is 12.5 Å². The van der Waals surface area contributed by atoms with E-state index in [4.69, 9.17) is 0 Å². The molecule has 5 atom stereocenters. The number of rotatable bonds is 3. The van der Waals surface area contributed by atoms with Crippen molar-refractivity contribution >= 4 is 5.69 Å². The minimum Gasteiger partial charge on any atom is -0.389 e. The van der Waals surface area contributed by atoms with Crippen LogP contribution in [0.5, 0.6) is 0 Å². The Hall–Kier alpha value is -1.28. The molecule has 23 heavy (non-hydrogen) atoms. The molecule has 0 spiro atoms. The molecule has 0 amide bonds. The molecule has 0 bridgehead atoms. The van der Waals surface area contributed by atoms with Crippen LogP contribution in [0, 0.1) is 12.8 Å². The Morgan fingerprint density at radius 1 is 1.22 bits per heavy atom. The number of likely N-dealkylation sites (tertiary alicyclic amines) is 1. The highest BCUT2D eigenvalue weighted by atomic mass is 16.4. The second-order valence-electron chi connectivity index (χ2n) is 6.84. The van der Waals surface area contributed by atoms with Gasteiger partial charge in [-0.25, -0.2) is 9.97 Å². The maximum Gasteiger partial charge on any atom is 0.115 e. The lowest BCUT2D eigenvalue weighted by Gasteiger charge is -2.43. The number of aliphatic hydroxyl groups excluding tert-OH is 3. The fraction of sp³-hybridized carbons (Fsp3) is 0.750. The molecule has 1 aromatic heterocycles. The van der Waals surface area contributed by atoms with Crippen LogP contribution in [0.4, 0.5) is 5.69 Å². The molecule has 0 radical (unpaired) electrons. The van der Waals surface area contributed by atoms with Gasteiger partial charge >= 0.3 is 0 Å². The Morgan fingerprint density at radius 3 is 2.74 bits per heavy atom. The molecule has 1 aromatic rings. The summed E-state index contributed by atoms with van der Waals surface area (Å²) in [4.78, 5) is 12.8. The first-order valence-electron chi connectivity index (χ1n) is 8.27. The van der Waals surface area contributed by atoms with Crippen LogP contribution >= 0.6 is 0 Å². The summed E-state index contributed by atoms with van der Waals surface area (Å²) in [6, 6.07) is -0.149. The largest absolute Gasteiger partial charge is 0.389 e. The molecule has 128 valence electrons. The van der Waals surface area contributed by atoms with Crippen molar-refractivity contribution in [2.24, 2.45) is 5.92 Å². The van der Waals surface area contributed by atoms with E-state index in [0.717, 1.165) is 37.4 Å². The molecule has 3 rings (SSSR count). The molecule has 0 unspecified atom stereocenters. The summed E-state index contributed by atoms with van der Waals surface area (Å²) in [6.45, 7) is 7.00. The molecule has 2 saturated heterocycles. The molecule has 2 fully saturated rings. The van der Waals surface area contributed by atoms with Crippen molar-refractivity contribution in [1.82, 2.24) is 14.9 Å². The number of β-amino-alcohol motifs (C(OH)–C–C–N with tert-alkyl or cyclic N) is 1. The standard InChI is InChI=1S/C16H26N4O3/c1-10-13(5-17-9-18-10)19-4-3-12(6-19)7-20-8-14(21)16(23)15(22)11(20)2/h5,9,11-12,14-16,21-23H,3-4,6-8H2,1-2H3/t11-,12+,14+,15-,16-/m1/s1. The predicted molar refractivity (Wildman–Crippen MR) is 86.1 cm³/mol. The monoisotopic (exact) mass is 322 g/mol. The summed E-state index contributed by atoms with van der Waals surface area (Å²) in [5, 5.41) is 29.7. The van der Waals surface area contributed by atoms with Gasteiger partial charge in [0.15, 0.2) is 0 Å². The number of piperidine rings is 1. The molecule has 7 nitrogen and oxygen atoms in total. The average Bonchev–Trinajstić information content (AvgIpc) is 2.99. The molecule has 2 aliphatic heterocycles. The number of nitrogens with zero attached hydrogens (tertiary/aromatic N) is 4. The van der Waals surface area contributed by atoms with Crippen LogP contribution in [-0.2, 0) is 0 Å². The van der Waals surface area contributed by atoms with Gasteiger partial charge in [-0.15, -0.1) is 0 Å². The van der Waals surface area contributed by atoms with E-state index in [1.165, 1.54) is 0 Å². The number of hydrogen-bond donors (Lipinski definition) is 3. The van der Waals surface area contributed by atoms with E-state index in [1.54, 1.807) is 6.33 Å². The van der Waals surface area contributed by atoms with Crippen molar-refractivity contribution in [3.05, 3.63) is 18.2 Å². The smallest absolute Gasteiger partial charge is 0.115 e. The van der Waals surface area contributed by atoms with E-state index in [1.807, 2.05) is 20.0 Å². The number of aromatic nitrogens is 2. The zero-order chi connectivity index (χ0) is 16.6. The fourth-order valence-electron chi connectivity index (χ4n) is 3.71. The summed E-state index contributed by atoms with van der Waals surface area (Å²) >= 11 is 0. The molecule has 0 aromatic carbocycles. The van der Waals surface area contributed by atoms with Gasteiger partial charge in [0.05, 0.1) is 29.8 Å². The van der Waals surface area contributed by atoms with Gasteiger partial charge in [0.2, 0.25) is 0 Å². The minimum absolute atomic E-state index is 0.149. The number of hydrogen-bond acceptors (Lipinski definition) is 7. The van der Waals surface area contributed by atoms with Gasteiger partial charge < -0.3 is 20.2 Å². The Bertz CT molecular complexity index is 544. The average molecular weight is 322 g/mol. The van der Waals surface area contributed by atoms with Gasteiger partial charge in [-0.2, -0.15) is 0 Å². The lowest BCUT2D eigenvalue weighted by atomic mass is 9.93. The fourth-order valence-corrected chi connectivity index (χ4v) is 3.71.